The van der Waals surface area contributed by atoms with E-state index in [0.717, 1.165) is 22.5 Å². The van der Waals surface area contributed by atoms with Crippen LogP contribution in [0.4, 0.5) is 27.8 Å². The highest BCUT2D eigenvalue weighted by molar-refractivity contribution is 5.76. The van der Waals surface area contributed by atoms with Gasteiger partial charge in [0.25, 0.3) is 12.0 Å². The zero-order valence-corrected chi connectivity index (χ0v) is 15.9. The van der Waals surface area contributed by atoms with Gasteiger partial charge in [0, 0.05) is 35.4 Å². The minimum atomic E-state index is -0.371. The Hall–Kier alpha value is -4.20. The molecule has 0 bridgehead atoms. The number of anilines is 4. The molecule has 3 heterocycles. The van der Waals surface area contributed by atoms with Crippen LogP contribution in [0.3, 0.4) is 0 Å². The third-order valence-corrected chi connectivity index (χ3v) is 4.55. The molecule has 8 heteroatoms. The normalized spacial score (nSPS) is 11.0. The summed E-state index contributed by atoms with van der Waals surface area (Å²) in [5, 5.41) is 6.29. The van der Waals surface area contributed by atoms with Gasteiger partial charge in [-0.15, -0.1) is 0 Å². The highest BCUT2D eigenvalue weighted by Gasteiger charge is 2.10. The maximum Gasteiger partial charge on any atom is 0.300 e. The van der Waals surface area contributed by atoms with Crippen molar-refractivity contribution in [2.24, 2.45) is 0 Å². The Labute approximate surface area is 170 Å². The molecule has 7 nitrogen and oxygen atoms in total. The largest absolute Gasteiger partial charge is 0.423 e. The van der Waals surface area contributed by atoms with E-state index < -0.39 is 0 Å². The van der Waals surface area contributed by atoms with E-state index in [-0.39, 0.29) is 11.8 Å². The molecule has 2 N–H and O–H groups in total. The van der Waals surface area contributed by atoms with Crippen molar-refractivity contribution in [1.29, 1.82) is 0 Å². The minimum absolute atomic E-state index is 0.279. The number of nitrogens with zero attached hydrogens (tertiary/aromatic N) is 3. The zero-order chi connectivity index (χ0) is 20.5. The van der Waals surface area contributed by atoms with Crippen LogP contribution in [0.1, 0.15) is 5.56 Å². The third kappa shape index (κ3) is 3.58. The lowest BCUT2D eigenvalue weighted by molar-refractivity contribution is 0.592. The summed E-state index contributed by atoms with van der Waals surface area (Å²) in [4.78, 5) is 12.6. The van der Waals surface area contributed by atoms with Crippen LogP contribution in [0.15, 0.2) is 76.0 Å². The van der Waals surface area contributed by atoms with Crippen molar-refractivity contribution in [3.63, 3.8) is 0 Å². The summed E-state index contributed by atoms with van der Waals surface area (Å²) in [5.41, 5.74) is 4.41. The zero-order valence-electron chi connectivity index (χ0n) is 15.9. The van der Waals surface area contributed by atoms with Crippen LogP contribution in [0, 0.1) is 12.7 Å². The molecule has 0 aliphatic carbocycles. The molecule has 0 saturated carbocycles. The van der Waals surface area contributed by atoms with E-state index in [9.17, 15) is 4.39 Å². The van der Waals surface area contributed by atoms with Crippen LogP contribution >= 0.6 is 0 Å². The number of benzene rings is 2. The number of hydrogen-bond donors (Lipinski definition) is 2. The van der Waals surface area contributed by atoms with Gasteiger partial charge in [-0.05, 0) is 48.9 Å². The summed E-state index contributed by atoms with van der Waals surface area (Å²) in [6.07, 6.45) is 5.06. The molecule has 5 aromatic rings. The van der Waals surface area contributed by atoms with Gasteiger partial charge in [0.1, 0.15) is 11.3 Å². The molecule has 30 heavy (non-hydrogen) atoms. The maximum absolute atomic E-state index is 13.4. The smallest absolute Gasteiger partial charge is 0.300 e. The summed E-state index contributed by atoms with van der Waals surface area (Å²) < 4.78 is 24.7. The van der Waals surface area contributed by atoms with Crippen LogP contribution in [-0.4, -0.2) is 15.0 Å². The van der Waals surface area contributed by atoms with E-state index in [1.807, 2.05) is 37.3 Å². The van der Waals surface area contributed by atoms with Gasteiger partial charge in [-0.2, -0.15) is 4.98 Å². The first-order chi connectivity index (χ1) is 14.6. The van der Waals surface area contributed by atoms with Crippen LogP contribution in [0.2, 0.25) is 0 Å². The molecule has 0 spiro atoms. The Morgan fingerprint density at radius 3 is 2.63 bits per heavy atom. The van der Waals surface area contributed by atoms with Gasteiger partial charge in [-0.1, -0.05) is 6.07 Å². The Morgan fingerprint density at radius 1 is 0.900 bits per heavy atom. The van der Waals surface area contributed by atoms with Crippen molar-refractivity contribution < 1.29 is 13.2 Å². The van der Waals surface area contributed by atoms with E-state index in [1.54, 1.807) is 24.7 Å². The molecule has 5 rings (SSSR count). The molecule has 3 aromatic heterocycles. The van der Waals surface area contributed by atoms with E-state index >= 15 is 0 Å². The van der Waals surface area contributed by atoms with Gasteiger partial charge in [-0.3, -0.25) is 4.98 Å². The second-order valence-corrected chi connectivity index (χ2v) is 6.68. The summed E-state index contributed by atoms with van der Waals surface area (Å²) in [6.45, 7) is 1.97. The Morgan fingerprint density at radius 2 is 1.77 bits per heavy atom. The van der Waals surface area contributed by atoms with Gasteiger partial charge < -0.3 is 19.5 Å². The third-order valence-electron chi connectivity index (χ3n) is 4.55. The molecule has 0 aliphatic heterocycles. The Balaban J connectivity index is 1.37. The fraction of sp³-hybridized carbons (Fsp3) is 0.0455. The van der Waals surface area contributed by atoms with Crippen molar-refractivity contribution in [1.82, 2.24) is 15.0 Å². The SMILES string of the molecule is Cc1ccc(Nc2nc3ccc(F)cc3o2)cc1Nc1ncc(-c2ccncc2)o1. The molecule has 0 aliphatic rings. The average molecular weight is 401 g/mol. The molecule has 0 atom stereocenters. The minimum Gasteiger partial charge on any atom is -0.423 e. The van der Waals surface area contributed by atoms with Gasteiger partial charge in [-0.25, -0.2) is 9.37 Å². The first kappa shape index (κ1) is 17.9. The average Bonchev–Trinajstić information content (AvgIpc) is 3.37. The molecule has 148 valence electrons. The van der Waals surface area contributed by atoms with Crippen LogP contribution in [0.25, 0.3) is 22.4 Å². The molecule has 2 aromatic carbocycles. The van der Waals surface area contributed by atoms with E-state index in [1.165, 1.54) is 12.1 Å². The molecule has 0 radical (unpaired) electrons. The lowest BCUT2D eigenvalue weighted by Crippen LogP contribution is -1.96. The highest BCUT2D eigenvalue weighted by atomic mass is 19.1. The van der Waals surface area contributed by atoms with Crippen LogP contribution in [-0.2, 0) is 0 Å². The van der Waals surface area contributed by atoms with Crippen molar-refractivity contribution in [2.75, 3.05) is 10.6 Å². The number of rotatable bonds is 5. The van der Waals surface area contributed by atoms with Crippen molar-refractivity contribution in [3.05, 3.63) is 78.5 Å². The topological polar surface area (TPSA) is 89.0 Å². The van der Waals surface area contributed by atoms with Crippen molar-refractivity contribution in [3.8, 4) is 11.3 Å². The van der Waals surface area contributed by atoms with Crippen LogP contribution < -0.4 is 10.6 Å². The van der Waals surface area contributed by atoms with Crippen LogP contribution in [0.5, 0.6) is 0 Å². The number of aromatic nitrogens is 3. The number of aryl methyl sites for hydroxylation is 1. The van der Waals surface area contributed by atoms with Gasteiger partial charge >= 0.3 is 0 Å². The summed E-state index contributed by atoms with van der Waals surface area (Å²) in [5.74, 6) is 0.273. The van der Waals surface area contributed by atoms with E-state index in [2.05, 4.69) is 25.6 Å². The number of hydrogen-bond acceptors (Lipinski definition) is 7. The van der Waals surface area contributed by atoms with Crippen molar-refractivity contribution in [2.45, 2.75) is 6.92 Å². The Bertz CT molecular complexity index is 1330. The number of fused-ring (bicyclic) bond motifs is 1. The predicted molar refractivity (Wildman–Crippen MR) is 111 cm³/mol. The lowest BCUT2D eigenvalue weighted by Gasteiger charge is -2.09. The first-order valence-electron chi connectivity index (χ1n) is 9.21. The summed E-state index contributed by atoms with van der Waals surface area (Å²) >= 11 is 0. The molecule has 0 amide bonds. The predicted octanol–water partition coefficient (Wildman–Crippen LogP) is 5.81. The summed E-state index contributed by atoms with van der Waals surface area (Å²) in [6, 6.07) is 14.3. The highest BCUT2D eigenvalue weighted by Crippen LogP contribution is 2.29. The quantitative estimate of drug-likeness (QED) is 0.384. The second kappa shape index (κ2) is 7.32. The number of oxazole rings is 2. The Kier molecular flexibility index (Phi) is 4.36. The monoisotopic (exact) mass is 401 g/mol. The van der Waals surface area contributed by atoms with Gasteiger partial charge in [0.05, 0.1) is 6.20 Å². The fourth-order valence-corrected chi connectivity index (χ4v) is 3.01. The molecule has 0 fully saturated rings. The van der Waals surface area contributed by atoms with E-state index in [4.69, 9.17) is 8.83 Å². The lowest BCUT2D eigenvalue weighted by atomic mass is 10.2. The van der Waals surface area contributed by atoms with E-state index in [0.29, 0.717) is 22.9 Å². The van der Waals surface area contributed by atoms with Crippen molar-refractivity contribution >= 4 is 34.5 Å². The molecular weight excluding hydrogens is 385 g/mol. The van der Waals surface area contributed by atoms with Gasteiger partial charge in [0.2, 0.25) is 0 Å². The molecular formula is C22H16FN5O2. The fourth-order valence-electron chi connectivity index (χ4n) is 3.01. The first-order valence-corrected chi connectivity index (χ1v) is 9.21. The number of halogens is 1. The second-order valence-electron chi connectivity index (χ2n) is 6.68. The van der Waals surface area contributed by atoms with Gasteiger partial charge in [0.15, 0.2) is 11.3 Å². The summed E-state index contributed by atoms with van der Waals surface area (Å²) in [7, 11) is 0. The molecule has 0 unspecified atom stereocenters. The standard InChI is InChI=1S/C22H16FN5O2/c1-13-2-4-16(26-22-27-17-5-3-15(23)10-19(17)29-22)11-18(13)28-21-25-12-20(30-21)14-6-8-24-9-7-14/h2-12H,1H3,(H,25,28)(H,26,27). The number of nitrogens with one attached hydrogen (secondary N) is 2. The maximum atomic E-state index is 13.4. The number of pyridine rings is 1. The molecule has 0 saturated heterocycles.